The number of hydrogen-bond acceptors (Lipinski definition) is 21. The van der Waals surface area contributed by atoms with Crippen molar-refractivity contribution in [2.24, 2.45) is 23.1 Å². The van der Waals surface area contributed by atoms with Crippen molar-refractivity contribution in [1.82, 2.24) is 103 Å². The highest BCUT2D eigenvalue weighted by Crippen LogP contribution is 2.26. The zero-order valence-electron chi connectivity index (χ0n) is 75.9. The maximum atomic E-state index is 15.7. The van der Waals surface area contributed by atoms with Crippen molar-refractivity contribution in [2.75, 3.05) is 72.5 Å². The first kappa shape index (κ1) is 104. The van der Waals surface area contributed by atoms with Crippen molar-refractivity contribution in [2.45, 2.75) is 216 Å². The number of amides is 17. The molecule has 2 saturated heterocycles. The van der Waals surface area contributed by atoms with E-state index in [2.05, 4.69) is 78.4 Å². The minimum absolute atomic E-state index is 0.00145. The first-order valence-corrected chi connectivity index (χ1v) is 45.4. The van der Waals surface area contributed by atoms with Crippen LogP contribution in [0, 0.1) is 11.3 Å². The summed E-state index contributed by atoms with van der Waals surface area (Å²) in [6.45, 7) is 5.93. The number of fused-ring (bicyclic) bond motifs is 3. The normalized spacial score (nSPS) is 23.5. The van der Waals surface area contributed by atoms with Crippen LogP contribution in [0.2, 0.25) is 0 Å². The van der Waals surface area contributed by atoms with E-state index in [0.717, 1.165) is 36.3 Å². The van der Waals surface area contributed by atoms with E-state index in [1.807, 2.05) is 13.8 Å². The number of aromatic nitrogens is 4. The number of likely N-dealkylation sites (N-methyl/N-ethyl adjacent to an activating group) is 4. The average Bonchev–Trinajstić information content (AvgIpc) is 1.48. The maximum absolute atomic E-state index is 15.7. The third-order valence-corrected chi connectivity index (χ3v) is 24.2. The number of unbranched alkanes of at least 4 members (excludes halogenated alkanes) is 2. The van der Waals surface area contributed by atoms with E-state index in [1.54, 1.807) is 105 Å². The number of aliphatic hydroxyl groups is 1. The number of carbonyl (C=O) groups excluding carboxylic acids is 17. The molecule has 2 aliphatic rings. The van der Waals surface area contributed by atoms with E-state index < -0.39 is 223 Å². The second kappa shape index (κ2) is 50.6. The van der Waals surface area contributed by atoms with E-state index in [9.17, 15) is 62.6 Å². The second-order valence-electron chi connectivity index (χ2n) is 33.7. The van der Waals surface area contributed by atoms with E-state index in [1.165, 1.54) is 47.6 Å². The van der Waals surface area contributed by atoms with Crippen molar-refractivity contribution in [3.63, 3.8) is 0 Å². The number of nitrogens with one attached hydrogen (secondary N) is 15. The van der Waals surface area contributed by atoms with Crippen LogP contribution >= 0.6 is 11.8 Å². The molecule has 17 amide bonds. The monoisotopic (exact) mass is 1850 g/mol. The Morgan fingerprint density at radius 3 is 1.67 bits per heavy atom. The number of thioether (sulfide) groups is 1. The Bertz CT molecular complexity index is 5050. The molecule has 0 aliphatic carbocycles. The minimum atomic E-state index is -1.85. The molecule has 42 nitrogen and oxygen atoms in total. The summed E-state index contributed by atoms with van der Waals surface area (Å²) in [6.07, 6.45) is 6.01. The summed E-state index contributed by atoms with van der Waals surface area (Å²) in [5, 5.41) is 49.4. The number of guanidine groups is 1. The molecule has 22 N–H and O–H groups in total. The predicted octanol–water partition coefficient (Wildman–Crippen LogP) is -2.14. The SMILES string of the molecule is CCCC[C@H]1C(=O)N(C)[C@@H](CCCC)C(=O)N[C@@H](CCCNC(=N)N)C(=O)N[C@H](C(=O)NCC(N)=O)CSCC(=O)NC(Cc2ccccc2)C(=O)N(C)[C@@H](C)C(=O)N[C@@H](CC(N)=O)C(=O)N2CCC[C@H]2C(=O)N[C@@H](Cc2cnc[nH]2)C(=O)N[C@@H](CC(C)C)C(=O)N(C)CC(=O)N[C@@H](Cc2c[nH]c3ccccc23)C(=O)N[C@@H](CO)C(=O)N[C@@H](Cc2c[nH]c3ccccc23)C(=O)N1C. The third-order valence-electron chi connectivity index (χ3n) is 23.1. The average molecular weight is 1850 g/mol. The highest BCUT2D eigenvalue weighted by molar-refractivity contribution is 8.00. The van der Waals surface area contributed by atoms with Gasteiger partial charge >= 0.3 is 0 Å². The fourth-order valence-electron chi connectivity index (χ4n) is 15.8. The Kier molecular flexibility index (Phi) is 39.9. The molecule has 1 unspecified atom stereocenters. The van der Waals surface area contributed by atoms with Gasteiger partial charge in [0.1, 0.15) is 78.5 Å². The van der Waals surface area contributed by atoms with Gasteiger partial charge in [0.25, 0.3) is 0 Å². The highest BCUT2D eigenvalue weighted by atomic mass is 32.2. The molecule has 6 aromatic rings. The Hall–Kier alpha value is -13.5. The summed E-state index contributed by atoms with van der Waals surface area (Å²) in [5.41, 5.74) is 20.0. The van der Waals surface area contributed by atoms with Crippen LogP contribution in [0.25, 0.3) is 21.8 Å². The number of carbonyl (C=O) groups is 17. The number of nitrogens with zero attached hydrogens (tertiary/aromatic N) is 6. The molecule has 5 heterocycles. The smallest absolute Gasteiger partial charge is 0.246 e. The molecule has 0 radical (unpaired) electrons. The molecule has 0 bridgehead atoms. The molecule has 132 heavy (non-hydrogen) atoms. The molecule has 3 aromatic carbocycles. The van der Waals surface area contributed by atoms with Gasteiger partial charge in [-0.15, -0.1) is 11.8 Å². The Labute approximate surface area is 768 Å². The Morgan fingerprint density at radius 1 is 0.538 bits per heavy atom. The minimum Gasteiger partial charge on any atom is -0.394 e. The molecule has 716 valence electrons. The van der Waals surface area contributed by atoms with E-state index in [-0.39, 0.29) is 89.6 Å². The zero-order valence-corrected chi connectivity index (χ0v) is 76.7. The molecule has 43 heteroatoms. The number of rotatable bonds is 26. The zero-order chi connectivity index (χ0) is 96.6. The van der Waals surface area contributed by atoms with Crippen LogP contribution in [0.15, 0.2) is 104 Å². The molecule has 2 aliphatic heterocycles. The van der Waals surface area contributed by atoms with Crippen molar-refractivity contribution >= 4 is 140 Å². The van der Waals surface area contributed by atoms with Crippen molar-refractivity contribution in [3.8, 4) is 0 Å². The second-order valence-corrected chi connectivity index (χ2v) is 34.7. The lowest BCUT2D eigenvalue weighted by atomic mass is 10.00. The van der Waals surface area contributed by atoms with Gasteiger partial charge in [0.05, 0.1) is 38.2 Å². The molecule has 0 spiro atoms. The van der Waals surface area contributed by atoms with Gasteiger partial charge in [-0.3, -0.25) is 86.9 Å². The topological polar surface area (TPSA) is 621 Å². The number of benzene rings is 3. The number of nitrogens with two attached hydrogens (primary N) is 3. The number of para-hydroxylation sites is 2. The number of imidazole rings is 1. The number of primary amides is 2. The quantitative estimate of drug-likeness (QED) is 0.0157. The van der Waals surface area contributed by atoms with Crippen molar-refractivity contribution < 1.29 is 86.6 Å². The molecule has 13 atom stereocenters. The first-order chi connectivity index (χ1) is 62.9. The molecular formula is C89H126N24O18S. The summed E-state index contributed by atoms with van der Waals surface area (Å²) in [4.78, 5) is 267. The van der Waals surface area contributed by atoms with Gasteiger partial charge in [0.15, 0.2) is 5.96 Å². The molecule has 3 aromatic heterocycles. The number of aromatic amines is 3. The van der Waals surface area contributed by atoms with Gasteiger partial charge in [-0.1, -0.05) is 120 Å². The van der Waals surface area contributed by atoms with E-state index in [0.29, 0.717) is 69.9 Å². The summed E-state index contributed by atoms with van der Waals surface area (Å²) in [7, 11) is 5.25. The van der Waals surface area contributed by atoms with Gasteiger partial charge < -0.3 is 120 Å². The molecular weight excluding hydrogens is 1730 g/mol. The molecule has 8 rings (SSSR count). The summed E-state index contributed by atoms with van der Waals surface area (Å²) in [5.74, 6) is -17.1. The lowest BCUT2D eigenvalue weighted by Crippen LogP contribution is -2.61. The number of aliphatic hydroxyl groups excluding tert-OH is 1. The maximum Gasteiger partial charge on any atom is 0.246 e. The lowest BCUT2D eigenvalue weighted by molar-refractivity contribution is -0.149. The van der Waals surface area contributed by atoms with Crippen LogP contribution in [0.3, 0.4) is 0 Å². The lowest BCUT2D eigenvalue weighted by Gasteiger charge is -2.36. The summed E-state index contributed by atoms with van der Waals surface area (Å²) < 4.78 is 0. The summed E-state index contributed by atoms with van der Waals surface area (Å²) >= 11 is 0.795. The van der Waals surface area contributed by atoms with Crippen LogP contribution in [0.4, 0.5) is 0 Å². The van der Waals surface area contributed by atoms with Crippen LogP contribution in [0.5, 0.6) is 0 Å². The van der Waals surface area contributed by atoms with Crippen molar-refractivity contribution in [1.29, 1.82) is 5.41 Å². The van der Waals surface area contributed by atoms with E-state index in [4.69, 9.17) is 22.6 Å². The van der Waals surface area contributed by atoms with Crippen LogP contribution in [-0.4, -0.2) is 307 Å². The standard InChI is InChI=1S/C89H126N24O18S/c1-10-12-30-69-82(125)102-60(29-21-33-95-89(92)93)78(121)108-68(77(120)98-44-73(91)116)47-132-48-75(118)101-64(36-52-23-15-14-16-24-52)85(128)110(7)51(5)76(119)104-66(40-72(90)115)87(130)113-34-22-32-70(113)83(126)103-62(39-55-43-94-49-99-55)80(123)105-63(35-50(3)4)84(127)109(6)45-74(117)100-61(37-53-41-96-58-27-19-17-25-56(53)58)79(122)107-67(46-114)81(124)106-65(38-54-42-97-59-28-20-18-26-57(54)59)86(129)112(9)71(31-13-11-2)88(131)111(69)8/h14-20,23-28,41-43,49-51,60-71,96-97,114H,10-13,21-22,29-40,44-48H2,1-9H3,(H2,90,115)(H2,91,116)(H,94,99)(H,98,120)(H,100,117)(H,101,118)(H,102,125)(H,103,126)(H,104,119)(H,105,123)(H,106,124)(H,107,122)(H,108,121)(H4,92,93,95)/t51-,60-,61-,62-,63-,64?,65-,66-,67-,68-,69-,70-,71-/m0/s1. The van der Waals surface area contributed by atoms with Crippen LogP contribution in [-0.2, 0) is 107 Å². The Morgan fingerprint density at radius 2 is 1.08 bits per heavy atom. The molecule has 2 fully saturated rings. The third kappa shape index (κ3) is 30.0. The van der Waals surface area contributed by atoms with Gasteiger partial charge in [-0.25, -0.2) is 4.98 Å². The van der Waals surface area contributed by atoms with Crippen LogP contribution < -0.4 is 75.7 Å². The van der Waals surface area contributed by atoms with Gasteiger partial charge in [-0.05, 0) is 86.6 Å². The molecule has 0 saturated carbocycles. The predicted molar refractivity (Wildman–Crippen MR) is 490 cm³/mol. The van der Waals surface area contributed by atoms with Gasteiger partial charge in [0.2, 0.25) is 100 Å². The van der Waals surface area contributed by atoms with Crippen molar-refractivity contribution in [3.05, 3.63) is 126 Å². The summed E-state index contributed by atoms with van der Waals surface area (Å²) in [6, 6.07) is 2.90. The fourth-order valence-corrected chi connectivity index (χ4v) is 16.7. The van der Waals surface area contributed by atoms with Gasteiger partial charge in [0, 0.05) is 119 Å². The highest BCUT2D eigenvalue weighted by Gasteiger charge is 2.44. The first-order valence-electron chi connectivity index (χ1n) is 44.2. The van der Waals surface area contributed by atoms with E-state index >= 15 is 24.0 Å². The van der Waals surface area contributed by atoms with Gasteiger partial charge in [-0.2, -0.15) is 0 Å². The Balaban J connectivity index is 1.18. The largest absolute Gasteiger partial charge is 0.394 e. The number of H-pyrrole nitrogens is 3. The number of hydrogen-bond donors (Lipinski definition) is 19. The fraction of sp³-hybridized carbons (Fsp3) is 0.517. The van der Waals surface area contributed by atoms with Crippen LogP contribution in [0.1, 0.15) is 134 Å².